The number of hydrogen-bond acceptors (Lipinski definition) is 5. The molecule has 1 amide bonds. The van der Waals surface area contributed by atoms with E-state index in [2.05, 4.69) is 5.32 Å². The predicted molar refractivity (Wildman–Crippen MR) is 105 cm³/mol. The minimum atomic E-state index is -0.180. The maximum atomic E-state index is 12.1. The topological polar surface area (TPSA) is 66.0 Å². The molecular weight excluding hydrogens is 346 g/mol. The van der Waals surface area contributed by atoms with Gasteiger partial charge in [-0.05, 0) is 42.3 Å². The van der Waals surface area contributed by atoms with Gasteiger partial charge in [-0.2, -0.15) is 0 Å². The van der Waals surface area contributed by atoms with E-state index in [0.717, 1.165) is 23.3 Å². The molecule has 0 radical (unpaired) electrons. The highest BCUT2D eigenvalue weighted by molar-refractivity contribution is 5.92. The second-order valence-corrected chi connectivity index (χ2v) is 5.65. The number of nitrogens with one attached hydrogen (secondary N) is 1. The second kappa shape index (κ2) is 10.1. The van der Waals surface area contributed by atoms with Gasteiger partial charge in [0, 0.05) is 18.2 Å². The Balaban J connectivity index is 1.95. The van der Waals surface area contributed by atoms with Crippen molar-refractivity contribution in [3.63, 3.8) is 0 Å². The molecule has 2 rings (SSSR count). The Labute approximate surface area is 159 Å². The van der Waals surface area contributed by atoms with E-state index in [-0.39, 0.29) is 5.91 Å². The fourth-order valence-electron chi connectivity index (χ4n) is 2.60. The van der Waals surface area contributed by atoms with E-state index >= 15 is 0 Å². The normalized spacial score (nSPS) is 10.5. The number of amides is 1. The van der Waals surface area contributed by atoms with Crippen LogP contribution in [0.4, 0.5) is 0 Å². The van der Waals surface area contributed by atoms with Gasteiger partial charge < -0.3 is 24.3 Å². The Bertz CT molecular complexity index is 784. The molecule has 0 heterocycles. The third kappa shape index (κ3) is 5.41. The number of carbonyl (C=O) groups is 1. The quantitative estimate of drug-likeness (QED) is 0.686. The van der Waals surface area contributed by atoms with Gasteiger partial charge in [-0.15, -0.1) is 0 Å². The molecule has 2 aromatic carbocycles. The van der Waals surface area contributed by atoms with Gasteiger partial charge in [-0.1, -0.05) is 12.1 Å². The summed E-state index contributed by atoms with van der Waals surface area (Å²) < 4.78 is 21.1. The zero-order valence-corrected chi connectivity index (χ0v) is 16.1. The molecule has 0 saturated heterocycles. The third-order valence-electron chi connectivity index (χ3n) is 4.02. The van der Waals surface area contributed by atoms with Crippen molar-refractivity contribution in [2.24, 2.45) is 0 Å². The van der Waals surface area contributed by atoms with E-state index in [1.807, 2.05) is 24.3 Å². The molecule has 1 N–H and O–H groups in total. The van der Waals surface area contributed by atoms with Crippen molar-refractivity contribution in [1.29, 1.82) is 0 Å². The zero-order valence-electron chi connectivity index (χ0n) is 16.1. The van der Waals surface area contributed by atoms with E-state index in [1.54, 1.807) is 46.6 Å². The van der Waals surface area contributed by atoms with Crippen LogP contribution in [0.15, 0.2) is 42.5 Å². The Morgan fingerprint density at radius 3 is 2.19 bits per heavy atom. The lowest BCUT2D eigenvalue weighted by Gasteiger charge is -2.13. The molecule has 0 aliphatic rings. The highest BCUT2D eigenvalue weighted by Crippen LogP contribution is 2.40. The summed E-state index contributed by atoms with van der Waals surface area (Å²) in [5.41, 5.74) is 1.85. The number of rotatable bonds is 9. The Kier molecular flexibility index (Phi) is 7.55. The number of methoxy groups -OCH3 is 4. The van der Waals surface area contributed by atoms with Crippen LogP contribution in [0.5, 0.6) is 23.0 Å². The molecular formula is C21H25NO5. The molecule has 0 atom stereocenters. The molecule has 0 bridgehead atoms. The van der Waals surface area contributed by atoms with Gasteiger partial charge >= 0.3 is 0 Å². The van der Waals surface area contributed by atoms with Crippen LogP contribution < -0.4 is 24.3 Å². The third-order valence-corrected chi connectivity index (χ3v) is 4.02. The molecule has 0 aliphatic carbocycles. The molecule has 6 nitrogen and oxygen atoms in total. The first kappa shape index (κ1) is 20.2. The van der Waals surface area contributed by atoms with Crippen LogP contribution in [0.2, 0.25) is 0 Å². The van der Waals surface area contributed by atoms with Gasteiger partial charge in [0.2, 0.25) is 11.7 Å². The molecule has 2 aromatic rings. The van der Waals surface area contributed by atoms with E-state index < -0.39 is 0 Å². The van der Waals surface area contributed by atoms with Crippen molar-refractivity contribution >= 4 is 12.0 Å². The van der Waals surface area contributed by atoms with Gasteiger partial charge in [-0.3, -0.25) is 4.79 Å². The van der Waals surface area contributed by atoms with Crippen LogP contribution in [0.3, 0.4) is 0 Å². The average Bonchev–Trinajstić information content (AvgIpc) is 2.71. The number of ether oxygens (including phenoxy) is 4. The molecule has 0 fully saturated rings. The molecule has 0 aliphatic heterocycles. The molecule has 0 saturated carbocycles. The van der Waals surface area contributed by atoms with Crippen molar-refractivity contribution in [3.8, 4) is 23.0 Å². The summed E-state index contributed by atoms with van der Waals surface area (Å²) >= 11 is 0. The molecule has 27 heavy (non-hydrogen) atoms. The minimum absolute atomic E-state index is 0.180. The summed E-state index contributed by atoms with van der Waals surface area (Å²) in [6, 6.07) is 11.3. The average molecular weight is 371 g/mol. The zero-order chi connectivity index (χ0) is 19.6. The molecule has 6 heteroatoms. The lowest BCUT2D eigenvalue weighted by Crippen LogP contribution is -2.23. The van der Waals surface area contributed by atoms with Gasteiger partial charge in [0.05, 0.1) is 28.4 Å². The molecule has 144 valence electrons. The van der Waals surface area contributed by atoms with E-state index in [9.17, 15) is 4.79 Å². The van der Waals surface area contributed by atoms with Crippen LogP contribution in [0.1, 0.15) is 11.1 Å². The second-order valence-electron chi connectivity index (χ2n) is 5.65. The van der Waals surface area contributed by atoms with E-state index in [0.29, 0.717) is 23.8 Å². The number of hydrogen-bond donors (Lipinski definition) is 1. The SMILES string of the molecule is COc1ccc(CCNC(=O)C=Cc2ccc(OC)c(OC)c2OC)cc1. The highest BCUT2D eigenvalue weighted by atomic mass is 16.5. The first-order chi connectivity index (χ1) is 13.1. The monoisotopic (exact) mass is 371 g/mol. The first-order valence-corrected chi connectivity index (χ1v) is 8.50. The van der Waals surface area contributed by atoms with Crippen LogP contribution in [-0.2, 0) is 11.2 Å². The summed E-state index contributed by atoms with van der Waals surface area (Å²) in [5, 5.41) is 2.86. The summed E-state index contributed by atoms with van der Waals surface area (Å²) in [6.45, 7) is 0.540. The van der Waals surface area contributed by atoms with Crippen LogP contribution in [-0.4, -0.2) is 40.9 Å². The smallest absolute Gasteiger partial charge is 0.244 e. The van der Waals surface area contributed by atoms with Gasteiger partial charge in [0.1, 0.15) is 5.75 Å². The van der Waals surface area contributed by atoms with Crippen LogP contribution >= 0.6 is 0 Å². The first-order valence-electron chi connectivity index (χ1n) is 8.50. The van der Waals surface area contributed by atoms with Gasteiger partial charge in [-0.25, -0.2) is 0 Å². The van der Waals surface area contributed by atoms with Crippen LogP contribution in [0, 0.1) is 0 Å². The molecule has 0 spiro atoms. The lowest BCUT2D eigenvalue weighted by atomic mass is 10.1. The molecule has 0 unspecified atom stereocenters. The maximum Gasteiger partial charge on any atom is 0.244 e. The standard InChI is InChI=1S/C21H25NO5/c1-24-17-9-5-15(6-10-17)13-14-22-19(23)12-8-16-7-11-18(25-2)21(27-4)20(16)26-3/h5-12H,13-14H2,1-4H3,(H,22,23). The number of benzene rings is 2. The van der Waals surface area contributed by atoms with Crippen molar-refractivity contribution in [2.45, 2.75) is 6.42 Å². The van der Waals surface area contributed by atoms with E-state index in [1.165, 1.54) is 6.08 Å². The fraction of sp³-hybridized carbons (Fsp3) is 0.286. The minimum Gasteiger partial charge on any atom is -0.497 e. The van der Waals surface area contributed by atoms with Crippen molar-refractivity contribution in [2.75, 3.05) is 35.0 Å². The molecule has 0 aromatic heterocycles. The maximum absolute atomic E-state index is 12.1. The van der Waals surface area contributed by atoms with Gasteiger partial charge in [0.15, 0.2) is 11.5 Å². The summed E-state index contributed by atoms with van der Waals surface area (Å²) in [7, 11) is 6.28. The largest absolute Gasteiger partial charge is 0.497 e. The van der Waals surface area contributed by atoms with Crippen LogP contribution in [0.25, 0.3) is 6.08 Å². The highest BCUT2D eigenvalue weighted by Gasteiger charge is 2.14. The summed E-state index contributed by atoms with van der Waals surface area (Å²) in [5.74, 6) is 2.20. The Hall–Kier alpha value is -3.15. The van der Waals surface area contributed by atoms with Gasteiger partial charge in [0.25, 0.3) is 0 Å². The van der Waals surface area contributed by atoms with Crippen molar-refractivity contribution in [3.05, 3.63) is 53.6 Å². The Morgan fingerprint density at radius 1 is 0.889 bits per heavy atom. The fourth-order valence-corrected chi connectivity index (χ4v) is 2.60. The summed E-state index contributed by atoms with van der Waals surface area (Å²) in [4.78, 5) is 12.1. The predicted octanol–water partition coefficient (Wildman–Crippen LogP) is 3.09. The van der Waals surface area contributed by atoms with Crippen molar-refractivity contribution < 1.29 is 23.7 Å². The lowest BCUT2D eigenvalue weighted by molar-refractivity contribution is -0.116. The summed E-state index contributed by atoms with van der Waals surface area (Å²) in [6.07, 6.45) is 3.89. The van der Waals surface area contributed by atoms with E-state index in [4.69, 9.17) is 18.9 Å². The Morgan fingerprint density at radius 2 is 1.59 bits per heavy atom. The van der Waals surface area contributed by atoms with Crippen molar-refractivity contribution in [1.82, 2.24) is 5.32 Å². The number of carbonyl (C=O) groups excluding carboxylic acids is 1.